The second-order valence-corrected chi connectivity index (χ2v) is 8.34. The molecular weight excluding hydrogens is 426 g/mol. The molecule has 29 heavy (non-hydrogen) atoms. The number of nitrogens with zero attached hydrogens (tertiary/aromatic N) is 3. The highest BCUT2D eigenvalue weighted by Crippen LogP contribution is 2.35. The molecule has 5 nitrogen and oxygen atoms in total. The van der Waals surface area contributed by atoms with Gasteiger partial charge in [-0.3, -0.25) is 14.7 Å². The van der Waals surface area contributed by atoms with Gasteiger partial charge >= 0.3 is 0 Å². The standard InChI is InChI=1S/C21H16ClN3O2S2/c1-27-19-8-7-15(11-17(19)22)25-20(26)18(12-16-6-4-10-28-16)24-21(25)29-13-14-5-2-3-9-23-14/h2-12H,13H2,1H3/b18-12+. The van der Waals surface area contributed by atoms with Gasteiger partial charge in [-0.05, 0) is 47.9 Å². The highest BCUT2D eigenvalue weighted by molar-refractivity contribution is 8.13. The van der Waals surface area contributed by atoms with Crippen LogP contribution in [0.25, 0.3) is 6.08 Å². The zero-order valence-corrected chi connectivity index (χ0v) is 17.8. The van der Waals surface area contributed by atoms with Crippen LogP contribution in [0.3, 0.4) is 0 Å². The van der Waals surface area contributed by atoms with Crippen LogP contribution in [0, 0.1) is 0 Å². The van der Waals surface area contributed by atoms with Crippen LogP contribution in [0.4, 0.5) is 5.69 Å². The number of carbonyl (C=O) groups is 1. The maximum absolute atomic E-state index is 13.2. The van der Waals surface area contributed by atoms with Crippen molar-refractivity contribution in [3.8, 4) is 5.75 Å². The van der Waals surface area contributed by atoms with Crippen molar-refractivity contribution >= 4 is 57.5 Å². The fourth-order valence-electron chi connectivity index (χ4n) is 2.75. The van der Waals surface area contributed by atoms with Crippen LogP contribution in [0.1, 0.15) is 10.6 Å². The van der Waals surface area contributed by atoms with Gasteiger partial charge in [0.25, 0.3) is 5.91 Å². The SMILES string of the molecule is COc1ccc(N2C(=O)/C(=C\c3cccs3)N=C2SCc2ccccn2)cc1Cl. The third kappa shape index (κ3) is 4.37. The van der Waals surface area contributed by atoms with Crippen molar-refractivity contribution in [2.45, 2.75) is 5.75 Å². The predicted octanol–water partition coefficient (Wildman–Crippen LogP) is 5.48. The van der Waals surface area contributed by atoms with Gasteiger partial charge in [0.2, 0.25) is 0 Å². The summed E-state index contributed by atoms with van der Waals surface area (Å²) in [6, 6.07) is 14.9. The van der Waals surface area contributed by atoms with Gasteiger partial charge in [0.15, 0.2) is 5.17 Å². The van der Waals surface area contributed by atoms with Gasteiger partial charge in [-0.25, -0.2) is 4.99 Å². The van der Waals surface area contributed by atoms with E-state index in [1.54, 1.807) is 53.8 Å². The van der Waals surface area contributed by atoms with Crippen molar-refractivity contribution < 1.29 is 9.53 Å². The minimum atomic E-state index is -0.192. The first-order chi connectivity index (χ1) is 14.2. The number of rotatable bonds is 5. The minimum Gasteiger partial charge on any atom is -0.495 e. The van der Waals surface area contributed by atoms with Gasteiger partial charge in [0.1, 0.15) is 11.4 Å². The molecule has 1 amide bonds. The molecule has 1 aromatic carbocycles. The molecule has 0 unspecified atom stereocenters. The van der Waals surface area contributed by atoms with Gasteiger partial charge in [0.05, 0.1) is 23.5 Å². The van der Waals surface area contributed by atoms with Crippen molar-refractivity contribution in [2.24, 2.45) is 4.99 Å². The molecule has 0 aliphatic carbocycles. The third-order valence-corrected chi connectivity index (χ3v) is 6.21. The fourth-order valence-corrected chi connectivity index (χ4v) is 4.58. The number of amidine groups is 1. The van der Waals surface area contributed by atoms with E-state index >= 15 is 0 Å². The maximum Gasteiger partial charge on any atom is 0.283 e. The number of halogens is 1. The average molecular weight is 442 g/mol. The molecule has 3 aromatic rings. The number of aliphatic imine (C=N–C) groups is 1. The second kappa shape index (κ2) is 8.82. The van der Waals surface area contributed by atoms with E-state index in [-0.39, 0.29) is 5.91 Å². The number of anilines is 1. The molecule has 0 radical (unpaired) electrons. The predicted molar refractivity (Wildman–Crippen MR) is 121 cm³/mol. The van der Waals surface area contributed by atoms with Crippen LogP contribution in [0.15, 0.2) is 70.8 Å². The highest BCUT2D eigenvalue weighted by atomic mass is 35.5. The topological polar surface area (TPSA) is 54.8 Å². The number of carbonyl (C=O) groups excluding carboxylic acids is 1. The molecule has 0 spiro atoms. The molecule has 146 valence electrons. The smallest absolute Gasteiger partial charge is 0.283 e. The van der Waals surface area contributed by atoms with E-state index in [9.17, 15) is 4.79 Å². The summed E-state index contributed by atoms with van der Waals surface area (Å²) in [5.41, 5.74) is 1.95. The number of ether oxygens (including phenoxy) is 1. The Bertz CT molecular complexity index is 1080. The van der Waals surface area contributed by atoms with Crippen molar-refractivity contribution in [2.75, 3.05) is 12.0 Å². The summed E-state index contributed by atoms with van der Waals surface area (Å²) >= 11 is 9.31. The van der Waals surface area contributed by atoms with Gasteiger partial charge in [-0.1, -0.05) is 35.5 Å². The van der Waals surface area contributed by atoms with Crippen LogP contribution in [0.2, 0.25) is 5.02 Å². The molecule has 0 fully saturated rings. The number of hydrogen-bond acceptors (Lipinski definition) is 6. The lowest BCUT2D eigenvalue weighted by atomic mass is 10.2. The molecule has 1 aliphatic heterocycles. The Morgan fingerprint density at radius 1 is 1.24 bits per heavy atom. The molecule has 0 bridgehead atoms. The number of amides is 1. The molecule has 0 N–H and O–H groups in total. The number of pyridine rings is 1. The van der Waals surface area contributed by atoms with Crippen molar-refractivity contribution in [1.29, 1.82) is 0 Å². The summed E-state index contributed by atoms with van der Waals surface area (Å²) in [4.78, 5) is 24.7. The first kappa shape index (κ1) is 19.7. The zero-order valence-electron chi connectivity index (χ0n) is 15.4. The van der Waals surface area contributed by atoms with Crippen LogP contribution in [-0.2, 0) is 10.5 Å². The summed E-state index contributed by atoms with van der Waals surface area (Å²) < 4.78 is 5.22. The first-order valence-corrected chi connectivity index (χ1v) is 10.9. The third-order valence-electron chi connectivity index (χ3n) is 4.12. The molecule has 2 aromatic heterocycles. The highest BCUT2D eigenvalue weighted by Gasteiger charge is 2.32. The number of benzene rings is 1. The second-order valence-electron chi connectivity index (χ2n) is 6.01. The Morgan fingerprint density at radius 3 is 2.83 bits per heavy atom. The molecule has 0 atom stereocenters. The lowest BCUT2D eigenvalue weighted by molar-refractivity contribution is -0.113. The van der Waals surface area contributed by atoms with E-state index < -0.39 is 0 Å². The lowest BCUT2D eigenvalue weighted by Gasteiger charge is -2.18. The van der Waals surface area contributed by atoms with Crippen molar-refractivity contribution in [1.82, 2.24) is 4.98 Å². The number of thioether (sulfide) groups is 1. The van der Waals surface area contributed by atoms with Crippen LogP contribution in [-0.4, -0.2) is 23.2 Å². The summed E-state index contributed by atoms with van der Waals surface area (Å²) in [6.45, 7) is 0. The summed E-state index contributed by atoms with van der Waals surface area (Å²) in [5.74, 6) is 0.957. The number of methoxy groups -OCH3 is 1. The molecule has 1 aliphatic rings. The van der Waals surface area contributed by atoms with Crippen molar-refractivity contribution in [3.63, 3.8) is 0 Å². The Labute approximate surface area is 181 Å². The summed E-state index contributed by atoms with van der Waals surface area (Å²) in [7, 11) is 1.55. The molecule has 3 heterocycles. The van der Waals surface area contributed by atoms with E-state index in [4.69, 9.17) is 16.3 Å². The van der Waals surface area contributed by atoms with Crippen LogP contribution in [0.5, 0.6) is 5.75 Å². The number of aromatic nitrogens is 1. The Kier molecular flexibility index (Phi) is 5.99. The molecule has 0 saturated carbocycles. The quantitative estimate of drug-likeness (QED) is 0.492. The zero-order chi connectivity index (χ0) is 20.2. The van der Waals surface area contributed by atoms with E-state index in [0.717, 1.165) is 10.6 Å². The first-order valence-electron chi connectivity index (χ1n) is 8.70. The Hall–Kier alpha value is -2.61. The molecule has 4 rings (SSSR count). The monoisotopic (exact) mass is 441 g/mol. The molecule has 8 heteroatoms. The van der Waals surface area contributed by atoms with E-state index in [1.807, 2.05) is 35.7 Å². The van der Waals surface area contributed by atoms with Gasteiger partial charge in [-0.15, -0.1) is 11.3 Å². The van der Waals surface area contributed by atoms with Crippen LogP contribution < -0.4 is 9.64 Å². The largest absolute Gasteiger partial charge is 0.495 e. The summed E-state index contributed by atoms with van der Waals surface area (Å²) in [5, 5.41) is 2.99. The van der Waals surface area contributed by atoms with Gasteiger partial charge in [0, 0.05) is 16.8 Å². The van der Waals surface area contributed by atoms with Gasteiger partial charge in [-0.2, -0.15) is 0 Å². The van der Waals surface area contributed by atoms with E-state index in [2.05, 4.69) is 9.98 Å². The lowest BCUT2D eigenvalue weighted by Crippen LogP contribution is -2.30. The van der Waals surface area contributed by atoms with E-state index in [1.165, 1.54) is 11.8 Å². The van der Waals surface area contributed by atoms with Crippen LogP contribution >= 0.6 is 34.7 Å². The van der Waals surface area contributed by atoms with Crippen molar-refractivity contribution in [3.05, 3.63) is 81.4 Å². The van der Waals surface area contributed by atoms with E-state index in [0.29, 0.717) is 33.1 Å². The summed E-state index contributed by atoms with van der Waals surface area (Å²) in [6.07, 6.45) is 3.56. The Balaban J connectivity index is 1.67. The average Bonchev–Trinajstić information content (AvgIpc) is 3.35. The van der Waals surface area contributed by atoms with Gasteiger partial charge < -0.3 is 4.74 Å². The minimum absolute atomic E-state index is 0.192. The number of hydrogen-bond donors (Lipinski definition) is 0. The Morgan fingerprint density at radius 2 is 2.14 bits per heavy atom. The fraction of sp³-hybridized carbons (Fsp3) is 0.0952. The molecular formula is C21H16ClN3O2S2. The normalized spacial score (nSPS) is 15.1. The molecule has 0 saturated heterocycles. The maximum atomic E-state index is 13.2. The number of thiophene rings is 1.